The molecule has 1 aliphatic rings. The number of hydrogen-bond donors (Lipinski definition) is 1. The van der Waals surface area contributed by atoms with Crippen LogP contribution >= 0.6 is 0 Å². The standard InChI is InChI=1S/C19H27NO3/c1-13(2)10-19(3,4)18(23)20-11-15(16(12-20)17(21)22)14-8-6-5-7-9-14/h5-9,13,15-16H,10-12H2,1-4H3,(H,21,22)/t15-,16-/m0/s1. The zero-order valence-electron chi connectivity index (χ0n) is 14.5. The molecule has 1 N–H and O–H groups in total. The van der Waals surface area contributed by atoms with Gasteiger partial charge in [-0.2, -0.15) is 0 Å². The van der Waals surface area contributed by atoms with Gasteiger partial charge in [-0.3, -0.25) is 9.59 Å². The SMILES string of the molecule is CC(C)CC(C)(C)C(=O)N1C[C@H](C(=O)O)[C@H](c2ccccc2)C1. The first-order valence-corrected chi connectivity index (χ1v) is 8.29. The molecule has 0 aliphatic carbocycles. The number of rotatable bonds is 5. The van der Waals surface area contributed by atoms with Crippen molar-refractivity contribution in [2.45, 2.75) is 40.0 Å². The minimum Gasteiger partial charge on any atom is -0.481 e. The van der Waals surface area contributed by atoms with E-state index in [1.165, 1.54) is 0 Å². The molecule has 2 atom stereocenters. The number of amides is 1. The molecule has 1 amide bonds. The van der Waals surface area contributed by atoms with E-state index in [0.29, 0.717) is 19.0 Å². The smallest absolute Gasteiger partial charge is 0.308 e. The summed E-state index contributed by atoms with van der Waals surface area (Å²) in [6.45, 7) is 8.91. The highest BCUT2D eigenvalue weighted by Crippen LogP contribution is 2.36. The molecule has 1 fully saturated rings. The lowest BCUT2D eigenvalue weighted by molar-refractivity contribution is -0.143. The Morgan fingerprint density at radius 3 is 2.35 bits per heavy atom. The number of carboxylic acids is 1. The third-order valence-electron chi connectivity index (χ3n) is 4.65. The molecule has 23 heavy (non-hydrogen) atoms. The number of likely N-dealkylation sites (tertiary alicyclic amines) is 1. The highest BCUT2D eigenvalue weighted by atomic mass is 16.4. The third kappa shape index (κ3) is 3.92. The quantitative estimate of drug-likeness (QED) is 0.905. The zero-order chi connectivity index (χ0) is 17.2. The van der Waals surface area contributed by atoms with Gasteiger partial charge in [-0.05, 0) is 17.9 Å². The number of carbonyl (C=O) groups is 2. The molecule has 1 aromatic rings. The minimum atomic E-state index is -0.823. The zero-order valence-corrected chi connectivity index (χ0v) is 14.5. The Bertz CT molecular complexity index is 565. The highest BCUT2D eigenvalue weighted by molar-refractivity contribution is 5.84. The van der Waals surface area contributed by atoms with E-state index in [9.17, 15) is 14.7 Å². The second kappa shape index (κ2) is 6.73. The summed E-state index contributed by atoms with van der Waals surface area (Å²) >= 11 is 0. The van der Waals surface area contributed by atoms with Gasteiger partial charge in [0, 0.05) is 24.4 Å². The van der Waals surface area contributed by atoms with Crippen LogP contribution in [0, 0.1) is 17.3 Å². The van der Waals surface area contributed by atoms with Gasteiger partial charge in [0.15, 0.2) is 0 Å². The van der Waals surface area contributed by atoms with Crippen LogP contribution in [0.2, 0.25) is 0 Å². The lowest BCUT2D eigenvalue weighted by atomic mass is 9.82. The summed E-state index contributed by atoms with van der Waals surface area (Å²) in [6, 6.07) is 9.66. The van der Waals surface area contributed by atoms with Crippen molar-refractivity contribution in [1.82, 2.24) is 4.90 Å². The van der Waals surface area contributed by atoms with Crippen LogP contribution < -0.4 is 0 Å². The molecule has 2 rings (SSSR count). The molecule has 1 aliphatic heterocycles. The number of hydrogen-bond acceptors (Lipinski definition) is 2. The molecular weight excluding hydrogens is 290 g/mol. The molecule has 4 nitrogen and oxygen atoms in total. The van der Waals surface area contributed by atoms with Crippen LogP contribution in [0.3, 0.4) is 0 Å². The summed E-state index contributed by atoms with van der Waals surface area (Å²) < 4.78 is 0. The minimum absolute atomic E-state index is 0.0656. The number of nitrogens with zero attached hydrogens (tertiary/aromatic N) is 1. The average molecular weight is 317 g/mol. The number of benzene rings is 1. The summed E-state index contributed by atoms with van der Waals surface area (Å²) in [6.07, 6.45) is 0.802. The molecule has 0 aromatic heterocycles. The molecular formula is C19H27NO3. The Kier molecular flexibility index (Phi) is 5.12. The normalized spacial score (nSPS) is 21.7. The third-order valence-corrected chi connectivity index (χ3v) is 4.65. The van der Waals surface area contributed by atoms with Gasteiger partial charge in [-0.1, -0.05) is 58.0 Å². The summed E-state index contributed by atoms with van der Waals surface area (Å²) in [5.41, 5.74) is 0.542. The fourth-order valence-electron chi connectivity index (χ4n) is 3.79. The molecule has 4 heteroatoms. The van der Waals surface area contributed by atoms with E-state index in [2.05, 4.69) is 13.8 Å². The second-order valence-electron chi connectivity index (χ2n) is 7.65. The fraction of sp³-hybridized carbons (Fsp3) is 0.579. The maximum absolute atomic E-state index is 12.9. The first kappa shape index (κ1) is 17.5. The highest BCUT2D eigenvalue weighted by Gasteiger charge is 2.43. The van der Waals surface area contributed by atoms with E-state index in [-0.39, 0.29) is 11.8 Å². The van der Waals surface area contributed by atoms with Gasteiger partial charge in [0.25, 0.3) is 0 Å². The van der Waals surface area contributed by atoms with Crippen LogP contribution in [0.25, 0.3) is 0 Å². The molecule has 0 bridgehead atoms. The van der Waals surface area contributed by atoms with Crippen molar-refractivity contribution in [3.05, 3.63) is 35.9 Å². The Morgan fingerprint density at radius 2 is 1.83 bits per heavy atom. The summed E-state index contributed by atoms with van der Waals surface area (Å²) in [5, 5.41) is 9.55. The van der Waals surface area contributed by atoms with Gasteiger partial charge in [0.05, 0.1) is 5.92 Å². The van der Waals surface area contributed by atoms with E-state index in [0.717, 1.165) is 12.0 Å². The van der Waals surface area contributed by atoms with Crippen LogP contribution in [0.5, 0.6) is 0 Å². The van der Waals surface area contributed by atoms with Gasteiger partial charge < -0.3 is 10.0 Å². The van der Waals surface area contributed by atoms with Crippen molar-refractivity contribution in [1.29, 1.82) is 0 Å². The Hall–Kier alpha value is -1.84. The summed E-state index contributed by atoms with van der Waals surface area (Å²) in [4.78, 5) is 26.3. The average Bonchev–Trinajstić information content (AvgIpc) is 2.91. The number of aliphatic carboxylic acids is 1. The van der Waals surface area contributed by atoms with Gasteiger partial charge in [0.2, 0.25) is 5.91 Å². The predicted octanol–water partition coefficient (Wildman–Crippen LogP) is 3.39. The molecule has 0 radical (unpaired) electrons. The topological polar surface area (TPSA) is 57.6 Å². The van der Waals surface area contributed by atoms with Crippen LogP contribution in [-0.4, -0.2) is 35.0 Å². The van der Waals surface area contributed by atoms with Crippen molar-refractivity contribution < 1.29 is 14.7 Å². The molecule has 0 saturated carbocycles. The van der Waals surface area contributed by atoms with Gasteiger partial charge in [-0.25, -0.2) is 0 Å². The first-order valence-electron chi connectivity index (χ1n) is 8.29. The Labute approximate surface area is 138 Å². The van der Waals surface area contributed by atoms with Crippen LogP contribution in [0.1, 0.15) is 45.6 Å². The van der Waals surface area contributed by atoms with E-state index < -0.39 is 17.3 Å². The van der Waals surface area contributed by atoms with E-state index in [1.807, 2.05) is 44.2 Å². The summed E-state index contributed by atoms with van der Waals surface area (Å²) in [7, 11) is 0. The van der Waals surface area contributed by atoms with Gasteiger partial charge in [-0.15, -0.1) is 0 Å². The molecule has 1 heterocycles. The maximum Gasteiger partial charge on any atom is 0.308 e. The van der Waals surface area contributed by atoms with Crippen LogP contribution in [0.4, 0.5) is 0 Å². The predicted molar refractivity (Wildman–Crippen MR) is 90.1 cm³/mol. The van der Waals surface area contributed by atoms with Crippen molar-refractivity contribution in [3.63, 3.8) is 0 Å². The monoisotopic (exact) mass is 317 g/mol. The fourth-order valence-corrected chi connectivity index (χ4v) is 3.79. The number of carboxylic acid groups (broad SMARTS) is 1. The van der Waals surface area contributed by atoms with E-state index in [1.54, 1.807) is 4.90 Å². The second-order valence-corrected chi connectivity index (χ2v) is 7.65. The molecule has 1 saturated heterocycles. The van der Waals surface area contributed by atoms with Crippen molar-refractivity contribution in [2.75, 3.05) is 13.1 Å². The Balaban J connectivity index is 2.20. The van der Waals surface area contributed by atoms with Gasteiger partial charge >= 0.3 is 5.97 Å². The molecule has 0 unspecified atom stereocenters. The van der Waals surface area contributed by atoms with Crippen LogP contribution in [-0.2, 0) is 9.59 Å². The summed E-state index contributed by atoms with van der Waals surface area (Å²) in [5.74, 6) is -0.993. The largest absolute Gasteiger partial charge is 0.481 e. The van der Waals surface area contributed by atoms with Crippen molar-refractivity contribution >= 4 is 11.9 Å². The maximum atomic E-state index is 12.9. The lowest BCUT2D eigenvalue weighted by Gasteiger charge is -2.30. The number of carbonyl (C=O) groups excluding carboxylic acids is 1. The van der Waals surface area contributed by atoms with E-state index in [4.69, 9.17) is 0 Å². The molecule has 126 valence electrons. The van der Waals surface area contributed by atoms with Gasteiger partial charge in [0.1, 0.15) is 0 Å². The Morgan fingerprint density at radius 1 is 1.22 bits per heavy atom. The molecule has 1 aromatic carbocycles. The van der Waals surface area contributed by atoms with Crippen molar-refractivity contribution in [3.8, 4) is 0 Å². The molecule has 0 spiro atoms. The van der Waals surface area contributed by atoms with Crippen molar-refractivity contribution in [2.24, 2.45) is 17.3 Å². The van der Waals surface area contributed by atoms with E-state index >= 15 is 0 Å². The first-order chi connectivity index (χ1) is 10.7. The van der Waals surface area contributed by atoms with Crippen LogP contribution in [0.15, 0.2) is 30.3 Å². The lowest BCUT2D eigenvalue weighted by Crippen LogP contribution is -2.40.